The van der Waals surface area contributed by atoms with E-state index in [2.05, 4.69) is 43.0 Å². The van der Waals surface area contributed by atoms with Gasteiger partial charge in [0, 0.05) is 25.7 Å². The summed E-state index contributed by atoms with van der Waals surface area (Å²) in [5.41, 5.74) is 8.15. The lowest BCUT2D eigenvalue weighted by Crippen LogP contribution is -2.57. The number of benzene rings is 1. The molecule has 1 saturated heterocycles. The molecule has 1 heterocycles. The highest BCUT2D eigenvalue weighted by atomic mass is 15.2. The fourth-order valence-electron chi connectivity index (χ4n) is 3.62. The maximum atomic E-state index is 6.30. The van der Waals surface area contributed by atoms with E-state index in [4.69, 9.17) is 5.73 Å². The van der Waals surface area contributed by atoms with Crippen LogP contribution in [-0.2, 0) is 0 Å². The Morgan fingerprint density at radius 2 is 1.68 bits per heavy atom. The fraction of sp³-hybridized carbons (Fsp3) is 0.647. The third kappa shape index (κ3) is 3.58. The molecule has 0 amide bonds. The molecule has 1 atom stereocenters. The van der Waals surface area contributed by atoms with Gasteiger partial charge in [-0.05, 0) is 23.8 Å². The maximum Gasteiger partial charge on any atom is 0.0424 e. The van der Waals surface area contributed by atoms with Gasteiger partial charge in [0.1, 0.15) is 0 Å². The third-order valence-corrected chi connectivity index (χ3v) is 4.36. The Morgan fingerprint density at radius 1 is 1.11 bits per heavy atom. The molecule has 1 aliphatic rings. The molecular weight excluding hydrogens is 232 g/mol. The van der Waals surface area contributed by atoms with Crippen LogP contribution < -0.4 is 5.73 Å². The molecule has 0 spiro atoms. The third-order valence-electron chi connectivity index (χ3n) is 4.36. The fourth-order valence-corrected chi connectivity index (χ4v) is 3.62. The Morgan fingerprint density at radius 3 is 2.21 bits per heavy atom. The van der Waals surface area contributed by atoms with Crippen molar-refractivity contribution >= 4 is 0 Å². The Balaban J connectivity index is 1.83. The number of hydrogen-bond donors (Lipinski definition) is 1. The Kier molecular flexibility index (Phi) is 5.00. The average molecular weight is 260 g/mol. The van der Waals surface area contributed by atoms with E-state index < -0.39 is 0 Å². The van der Waals surface area contributed by atoms with Crippen molar-refractivity contribution in [2.24, 2.45) is 11.1 Å². The molecule has 0 bridgehead atoms. The largest absolute Gasteiger partial charge is 0.323 e. The molecule has 1 aromatic rings. The molecule has 0 radical (unpaired) electrons. The van der Waals surface area contributed by atoms with Gasteiger partial charge in [-0.3, -0.25) is 0 Å². The molecule has 2 N–H and O–H groups in total. The minimum absolute atomic E-state index is 0.155. The maximum absolute atomic E-state index is 6.30. The van der Waals surface area contributed by atoms with Crippen molar-refractivity contribution in [1.29, 1.82) is 0 Å². The second-order valence-corrected chi connectivity index (χ2v) is 6.19. The first-order valence-electron chi connectivity index (χ1n) is 7.72. The Bertz CT molecular complexity index is 360. The van der Waals surface area contributed by atoms with Gasteiger partial charge in [-0.2, -0.15) is 0 Å². The molecule has 2 heteroatoms. The van der Waals surface area contributed by atoms with Crippen LogP contribution in [0, 0.1) is 5.41 Å². The van der Waals surface area contributed by atoms with Gasteiger partial charge in [-0.15, -0.1) is 0 Å². The quantitative estimate of drug-likeness (QED) is 0.812. The summed E-state index contributed by atoms with van der Waals surface area (Å²) in [7, 11) is 0. The predicted molar refractivity (Wildman–Crippen MR) is 82.1 cm³/mol. The van der Waals surface area contributed by atoms with Crippen LogP contribution in [0.2, 0.25) is 0 Å². The van der Waals surface area contributed by atoms with Crippen molar-refractivity contribution in [3.05, 3.63) is 35.9 Å². The molecular formula is C17H28N2. The van der Waals surface area contributed by atoms with E-state index in [0.29, 0.717) is 5.41 Å². The Hall–Kier alpha value is -0.860. The summed E-state index contributed by atoms with van der Waals surface area (Å²) in [5, 5.41) is 0. The molecule has 0 aromatic heterocycles. The molecule has 1 aromatic carbocycles. The van der Waals surface area contributed by atoms with Gasteiger partial charge in [0.2, 0.25) is 0 Å². The van der Waals surface area contributed by atoms with E-state index >= 15 is 0 Å². The smallest absolute Gasteiger partial charge is 0.0424 e. The molecule has 2 rings (SSSR count). The van der Waals surface area contributed by atoms with Crippen LogP contribution in [0.1, 0.15) is 51.1 Å². The number of nitrogens with two attached hydrogens (primary N) is 1. The van der Waals surface area contributed by atoms with E-state index in [-0.39, 0.29) is 6.04 Å². The van der Waals surface area contributed by atoms with Gasteiger partial charge in [0.25, 0.3) is 0 Å². The summed E-state index contributed by atoms with van der Waals surface area (Å²) in [6, 6.07) is 10.6. The number of hydrogen-bond acceptors (Lipinski definition) is 2. The standard InChI is InChI=1S/C17H28N2/c1-3-10-17(11-4-2)13-19(14-17)12-16(18)15-8-6-5-7-9-15/h5-9,16H,3-4,10-14,18H2,1-2H3. The molecule has 1 aliphatic heterocycles. The topological polar surface area (TPSA) is 29.3 Å². The highest BCUT2D eigenvalue weighted by Gasteiger charge is 2.41. The van der Waals surface area contributed by atoms with E-state index in [1.807, 2.05) is 6.07 Å². The molecule has 19 heavy (non-hydrogen) atoms. The van der Waals surface area contributed by atoms with E-state index in [9.17, 15) is 0 Å². The highest BCUT2D eigenvalue weighted by molar-refractivity contribution is 5.19. The van der Waals surface area contributed by atoms with Crippen LogP contribution in [-0.4, -0.2) is 24.5 Å². The van der Waals surface area contributed by atoms with E-state index in [1.54, 1.807) is 0 Å². The van der Waals surface area contributed by atoms with Gasteiger partial charge >= 0.3 is 0 Å². The number of likely N-dealkylation sites (tertiary alicyclic amines) is 1. The molecule has 2 nitrogen and oxygen atoms in total. The normalized spacial score (nSPS) is 19.9. The highest BCUT2D eigenvalue weighted by Crippen LogP contribution is 2.39. The lowest BCUT2D eigenvalue weighted by molar-refractivity contribution is -0.0178. The second kappa shape index (κ2) is 6.53. The van der Waals surface area contributed by atoms with E-state index in [1.165, 1.54) is 44.3 Å². The SMILES string of the molecule is CCCC1(CCC)CN(CC(N)c2ccccc2)C1. The lowest BCUT2D eigenvalue weighted by atomic mass is 9.72. The van der Waals surface area contributed by atoms with Gasteiger partial charge in [-0.1, -0.05) is 57.0 Å². The minimum atomic E-state index is 0.155. The first kappa shape index (κ1) is 14.5. The summed E-state index contributed by atoms with van der Waals surface area (Å²) in [5.74, 6) is 0. The Labute approximate surface area is 118 Å². The van der Waals surface area contributed by atoms with Crippen LogP contribution in [0.3, 0.4) is 0 Å². The summed E-state index contributed by atoms with van der Waals surface area (Å²) in [6.07, 6.45) is 5.35. The molecule has 0 saturated carbocycles. The number of rotatable bonds is 7. The van der Waals surface area contributed by atoms with Gasteiger partial charge in [-0.25, -0.2) is 0 Å². The first-order valence-corrected chi connectivity index (χ1v) is 7.72. The summed E-state index contributed by atoms with van der Waals surface area (Å²) >= 11 is 0. The van der Waals surface area contributed by atoms with Crippen molar-refractivity contribution in [3.63, 3.8) is 0 Å². The van der Waals surface area contributed by atoms with Crippen LogP contribution >= 0.6 is 0 Å². The van der Waals surface area contributed by atoms with Crippen molar-refractivity contribution < 1.29 is 0 Å². The molecule has 0 aliphatic carbocycles. The van der Waals surface area contributed by atoms with Crippen LogP contribution in [0.4, 0.5) is 0 Å². The van der Waals surface area contributed by atoms with Crippen LogP contribution in [0.15, 0.2) is 30.3 Å². The molecule has 1 unspecified atom stereocenters. The van der Waals surface area contributed by atoms with Crippen LogP contribution in [0.5, 0.6) is 0 Å². The van der Waals surface area contributed by atoms with Crippen molar-refractivity contribution in [1.82, 2.24) is 4.90 Å². The monoisotopic (exact) mass is 260 g/mol. The zero-order valence-corrected chi connectivity index (χ0v) is 12.4. The van der Waals surface area contributed by atoms with Gasteiger partial charge in [0.05, 0.1) is 0 Å². The first-order chi connectivity index (χ1) is 9.19. The predicted octanol–water partition coefficient (Wildman–Crippen LogP) is 3.59. The number of nitrogens with zero attached hydrogens (tertiary/aromatic N) is 1. The zero-order valence-electron chi connectivity index (χ0n) is 12.4. The van der Waals surface area contributed by atoms with Crippen molar-refractivity contribution in [2.75, 3.05) is 19.6 Å². The second-order valence-electron chi connectivity index (χ2n) is 6.19. The van der Waals surface area contributed by atoms with Crippen LogP contribution in [0.25, 0.3) is 0 Å². The summed E-state index contributed by atoms with van der Waals surface area (Å²) in [4.78, 5) is 2.53. The molecule has 1 fully saturated rings. The average Bonchev–Trinajstić information content (AvgIpc) is 2.38. The summed E-state index contributed by atoms with van der Waals surface area (Å²) < 4.78 is 0. The van der Waals surface area contributed by atoms with Gasteiger partial charge in [0.15, 0.2) is 0 Å². The lowest BCUT2D eigenvalue weighted by Gasteiger charge is -2.51. The molecule has 106 valence electrons. The van der Waals surface area contributed by atoms with Gasteiger partial charge < -0.3 is 10.6 Å². The summed E-state index contributed by atoms with van der Waals surface area (Å²) in [6.45, 7) is 8.09. The van der Waals surface area contributed by atoms with Crippen molar-refractivity contribution in [3.8, 4) is 0 Å². The zero-order chi connectivity index (χ0) is 13.7. The van der Waals surface area contributed by atoms with Crippen molar-refractivity contribution in [2.45, 2.75) is 45.6 Å². The van der Waals surface area contributed by atoms with E-state index in [0.717, 1.165) is 6.54 Å². The minimum Gasteiger partial charge on any atom is -0.323 e.